The summed E-state index contributed by atoms with van der Waals surface area (Å²) >= 11 is 1.58. The highest BCUT2D eigenvalue weighted by Gasteiger charge is 2.44. The summed E-state index contributed by atoms with van der Waals surface area (Å²) in [6.45, 7) is 5.11. The van der Waals surface area contributed by atoms with Crippen LogP contribution in [0.3, 0.4) is 0 Å². The van der Waals surface area contributed by atoms with Crippen molar-refractivity contribution in [2.75, 3.05) is 12.9 Å². The first-order valence-corrected chi connectivity index (χ1v) is 12.2. The van der Waals surface area contributed by atoms with Gasteiger partial charge in [-0.05, 0) is 50.8 Å². The van der Waals surface area contributed by atoms with Gasteiger partial charge < -0.3 is 9.30 Å². The van der Waals surface area contributed by atoms with Gasteiger partial charge in [0.2, 0.25) is 0 Å². The van der Waals surface area contributed by atoms with Gasteiger partial charge in [0.05, 0.1) is 6.61 Å². The number of aryl methyl sites for hydroxylation is 2. The molecule has 30 heavy (non-hydrogen) atoms. The number of sulfone groups is 1. The van der Waals surface area contributed by atoms with Crippen LogP contribution in [0.4, 0.5) is 0 Å². The molecule has 0 aliphatic rings. The largest absolute Gasteiger partial charge is 0.465 e. The second-order valence-corrected chi connectivity index (χ2v) is 11.0. The monoisotopic (exact) mass is 448 g/mol. The van der Waals surface area contributed by atoms with Crippen LogP contribution in [0.25, 0.3) is 21.3 Å². The third-order valence-electron chi connectivity index (χ3n) is 5.20. The van der Waals surface area contributed by atoms with Crippen molar-refractivity contribution in [3.63, 3.8) is 0 Å². The topological polar surface area (TPSA) is 95.3 Å². The maximum absolute atomic E-state index is 12.9. The van der Waals surface area contributed by atoms with E-state index < -0.39 is 20.6 Å². The van der Waals surface area contributed by atoms with Gasteiger partial charge in [0.1, 0.15) is 5.01 Å². The van der Waals surface area contributed by atoms with Gasteiger partial charge in [-0.1, -0.05) is 6.07 Å². The number of pyridine rings is 1. The first-order chi connectivity index (χ1) is 14.1. The normalized spacial score (nSPS) is 13.9. The summed E-state index contributed by atoms with van der Waals surface area (Å²) in [5.41, 5.74) is 0.693. The summed E-state index contributed by atoms with van der Waals surface area (Å²) in [5.74, 6) is -0.801. The molecule has 9 heteroatoms. The molecule has 0 N–H and O–H groups in total. The molecule has 0 saturated heterocycles. The fraction of sp³-hybridized carbons (Fsp3) is 0.381. The number of benzene rings is 1. The minimum atomic E-state index is -3.74. The van der Waals surface area contributed by atoms with Crippen molar-refractivity contribution in [3.8, 4) is 10.6 Å². The molecule has 0 aliphatic heterocycles. The lowest BCUT2D eigenvalue weighted by atomic mass is 10.1. The maximum Gasteiger partial charge on any atom is 0.327 e. The Morgan fingerprint density at radius 3 is 2.63 bits per heavy atom. The number of thiazole rings is 1. The number of nitrogens with zero attached hydrogens (tertiary/aromatic N) is 2. The molecule has 1 aromatic carbocycles. The Bertz CT molecular complexity index is 1260. The third-order valence-corrected chi connectivity index (χ3v) is 8.17. The molecule has 1 atom stereocenters. The number of ether oxygens (including phenoxy) is 1. The molecule has 0 aliphatic carbocycles. The summed E-state index contributed by atoms with van der Waals surface area (Å²) in [5, 5.41) is 2.18. The molecule has 3 rings (SSSR count). The highest BCUT2D eigenvalue weighted by molar-refractivity contribution is 7.92. The van der Waals surface area contributed by atoms with E-state index in [4.69, 9.17) is 4.74 Å². The van der Waals surface area contributed by atoms with Gasteiger partial charge in [-0.2, -0.15) is 0 Å². The van der Waals surface area contributed by atoms with E-state index in [1.165, 1.54) is 11.5 Å². The minimum Gasteiger partial charge on any atom is -0.465 e. The van der Waals surface area contributed by atoms with Gasteiger partial charge in [0.15, 0.2) is 14.6 Å². The first kappa shape index (κ1) is 22.2. The number of carbonyl (C=O) groups excluding carboxylic acids is 1. The summed E-state index contributed by atoms with van der Waals surface area (Å²) < 4.78 is 29.2. The number of hydrogen-bond acceptors (Lipinski definition) is 7. The number of esters is 1. The van der Waals surface area contributed by atoms with Crippen molar-refractivity contribution >= 4 is 37.9 Å². The summed E-state index contributed by atoms with van der Waals surface area (Å²) in [6.07, 6.45) is 4.38. The molecule has 0 radical (unpaired) electrons. The Morgan fingerprint density at radius 2 is 2.03 bits per heavy atom. The molecule has 0 saturated carbocycles. The van der Waals surface area contributed by atoms with Crippen molar-refractivity contribution in [3.05, 3.63) is 51.9 Å². The van der Waals surface area contributed by atoms with E-state index in [1.54, 1.807) is 30.5 Å². The van der Waals surface area contributed by atoms with Crippen molar-refractivity contribution in [1.82, 2.24) is 9.55 Å². The first-order valence-electron chi connectivity index (χ1n) is 9.49. The quantitative estimate of drug-likeness (QED) is 0.515. The third kappa shape index (κ3) is 4.17. The van der Waals surface area contributed by atoms with E-state index in [9.17, 15) is 18.0 Å². The molecule has 0 bridgehead atoms. The van der Waals surface area contributed by atoms with Crippen LogP contribution in [-0.4, -0.2) is 41.5 Å². The van der Waals surface area contributed by atoms with Crippen LogP contribution in [0, 0.1) is 6.92 Å². The molecule has 7 nitrogen and oxygen atoms in total. The predicted molar refractivity (Wildman–Crippen MR) is 119 cm³/mol. The predicted octanol–water partition coefficient (Wildman–Crippen LogP) is 3.19. The highest BCUT2D eigenvalue weighted by Crippen LogP contribution is 2.27. The Labute approximate surface area is 179 Å². The summed E-state index contributed by atoms with van der Waals surface area (Å²) in [6, 6.07) is 7.33. The lowest BCUT2D eigenvalue weighted by molar-refractivity contribution is -0.146. The second kappa shape index (κ2) is 8.31. The molecule has 0 amide bonds. The van der Waals surface area contributed by atoms with E-state index in [-0.39, 0.29) is 25.1 Å². The Balaban J connectivity index is 1.92. The van der Waals surface area contributed by atoms with E-state index in [0.29, 0.717) is 5.39 Å². The zero-order chi connectivity index (χ0) is 22.1. The van der Waals surface area contributed by atoms with Crippen LogP contribution < -0.4 is 5.56 Å². The van der Waals surface area contributed by atoms with E-state index in [0.717, 1.165) is 27.1 Å². The lowest BCUT2D eigenvalue weighted by Crippen LogP contribution is -2.45. The van der Waals surface area contributed by atoms with Crippen molar-refractivity contribution in [1.29, 1.82) is 0 Å². The molecule has 160 valence electrons. The lowest BCUT2D eigenvalue weighted by Gasteiger charge is -2.25. The van der Waals surface area contributed by atoms with Gasteiger partial charge in [0, 0.05) is 41.0 Å². The number of rotatable bonds is 7. The van der Waals surface area contributed by atoms with Crippen LogP contribution in [-0.2, 0) is 25.9 Å². The molecule has 0 spiro atoms. The minimum absolute atomic E-state index is 0.0629. The number of aromatic nitrogens is 2. The smallest absolute Gasteiger partial charge is 0.327 e. The fourth-order valence-corrected chi connectivity index (χ4v) is 4.73. The van der Waals surface area contributed by atoms with Gasteiger partial charge in [-0.25, -0.2) is 13.4 Å². The molecular weight excluding hydrogens is 424 g/mol. The van der Waals surface area contributed by atoms with Crippen LogP contribution in [0.15, 0.2) is 41.5 Å². The fourth-order valence-electron chi connectivity index (χ4n) is 3.14. The van der Waals surface area contributed by atoms with Gasteiger partial charge >= 0.3 is 5.97 Å². The summed E-state index contributed by atoms with van der Waals surface area (Å²) in [4.78, 5) is 30.7. The molecular formula is C21H24N2O5S2. The molecule has 0 unspecified atom stereocenters. The van der Waals surface area contributed by atoms with Crippen molar-refractivity contribution in [2.45, 2.75) is 38.5 Å². The Kier molecular flexibility index (Phi) is 6.14. The number of carbonyl (C=O) groups is 1. The average molecular weight is 449 g/mol. The van der Waals surface area contributed by atoms with Crippen molar-refractivity contribution in [2.24, 2.45) is 0 Å². The Morgan fingerprint density at radius 1 is 1.30 bits per heavy atom. The van der Waals surface area contributed by atoms with Gasteiger partial charge in [0.25, 0.3) is 5.56 Å². The Hall–Kier alpha value is -2.52. The highest BCUT2D eigenvalue weighted by atomic mass is 32.2. The molecule has 2 aromatic heterocycles. The molecule has 0 fully saturated rings. The van der Waals surface area contributed by atoms with Gasteiger partial charge in [-0.3, -0.25) is 9.59 Å². The van der Waals surface area contributed by atoms with Crippen LogP contribution in [0.5, 0.6) is 0 Å². The van der Waals surface area contributed by atoms with E-state index in [1.807, 2.05) is 31.3 Å². The van der Waals surface area contributed by atoms with E-state index in [2.05, 4.69) is 4.98 Å². The van der Waals surface area contributed by atoms with Gasteiger partial charge in [-0.15, -0.1) is 11.3 Å². The van der Waals surface area contributed by atoms with Crippen LogP contribution >= 0.6 is 11.3 Å². The molecule has 2 heterocycles. The average Bonchev–Trinajstić information content (AvgIpc) is 3.12. The van der Waals surface area contributed by atoms with E-state index >= 15 is 0 Å². The number of hydrogen-bond donors (Lipinski definition) is 0. The van der Waals surface area contributed by atoms with Crippen molar-refractivity contribution < 1.29 is 17.9 Å². The number of fused-ring (bicyclic) bond motifs is 1. The van der Waals surface area contributed by atoms with Crippen LogP contribution in [0.1, 0.15) is 25.1 Å². The molecule has 3 aromatic rings. The zero-order valence-corrected chi connectivity index (χ0v) is 19.0. The zero-order valence-electron chi connectivity index (χ0n) is 17.3. The SMILES string of the molecule is CCOC(=O)[C@@](C)(CCn1ccc2cc(-c3ncc(C)s3)ccc2c1=O)S(C)(=O)=O. The second-order valence-electron chi connectivity index (χ2n) is 7.37. The standard InChI is InChI=1S/C21H24N2O5S2/c1-5-28-20(25)21(3,30(4,26)27)9-11-23-10-8-15-12-16(6-7-17(15)19(23)24)18-22-13-14(2)29-18/h6-8,10,12-13H,5,9,11H2,1-4H3/t21-/m1/s1. The summed E-state index contributed by atoms with van der Waals surface area (Å²) in [7, 11) is -3.74. The van der Waals surface area contributed by atoms with Crippen LogP contribution in [0.2, 0.25) is 0 Å². The maximum atomic E-state index is 12.9.